The first-order valence-corrected chi connectivity index (χ1v) is 6.83. The van der Waals surface area contributed by atoms with E-state index in [4.69, 9.17) is 5.73 Å². The van der Waals surface area contributed by atoms with Gasteiger partial charge in [-0.15, -0.1) is 0 Å². The monoisotopic (exact) mass is 255 g/mol. The number of rotatable bonds is 4. The van der Waals surface area contributed by atoms with Crippen LogP contribution in [0.25, 0.3) is 0 Å². The molecule has 1 aliphatic heterocycles. The minimum Gasteiger partial charge on any atom is -0.368 e. The lowest BCUT2D eigenvalue weighted by atomic mass is 10.2. The third-order valence-corrected chi connectivity index (χ3v) is 3.08. The molecule has 0 aromatic heterocycles. The number of nitrogens with zero attached hydrogens (tertiary/aromatic N) is 2. The molecule has 1 heterocycles. The standard InChI is InChI=1S/C13H25N3O2/c1-11(2)9-16(10-12(14)17)13(18)15-7-5-3-4-6-8-15/h11H,3-10H2,1-2H3,(H2,14,17). The fourth-order valence-electron chi connectivity index (χ4n) is 2.30. The maximum absolute atomic E-state index is 12.4. The van der Waals surface area contributed by atoms with Crippen LogP contribution in [0, 0.1) is 5.92 Å². The number of amides is 3. The van der Waals surface area contributed by atoms with Crippen LogP contribution in [0.2, 0.25) is 0 Å². The number of likely N-dealkylation sites (tertiary alicyclic amines) is 1. The first-order valence-electron chi connectivity index (χ1n) is 6.83. The molecule has 1 saturated heterocycles. The molecular formula is C13H25N3O2. The van der Waals surface area contributed by atoms with Crippen LogP contribution in [0.5, 0.6) is 0 Å². The van der Waals surface area contributed by atoms with Gasteiger partial charge in [0.1, 0.15) is 6.54 Å². The summed E-state index contributed by atoms with van der Waals surface area (Å²) < 4.78 is 0. The first kappa shape index (κ1) is 14.8. The molecule has 5 heteroatoms. The maximum atomic E-state index is 12.4. The van der Waals surface area contributed by atoms with Crippen LogP contribution < -0.4 is 5.73 Å². The van der Waals surface area contributed by atoms with E-state index in [1.165, 1.54) is 12.8 Å². The van der Waals surface area contributed by atoms with Crippen molar-refractivity contribution in [3.8, 4) is 0 Å². The van der Waals surface area contributed by atoms with Crippen LogP contribution in [0.15, 0.2) is 0 Å². The van der Waals surface area contributed by atoms with E-state index in [0.717, 1.165) is 25.9 Å². The number of urea groups is 1. The van der Waals surface area contributed by atoms with E-state index in [0.29, 0.717) is 12.5 Å². The summed E-state index contributed by atoms with van der Waals surface area (Å²) in [4.78, 5) is 26.9. The predicted molar refractivity (Wildman–Crippen MR) is 71.0 cm³/mol. The van der Waals surface area contributed by atoms with Gasteiger partial charge in [-0.3, -0.25) is 4.79 Å². The van der Waals surface area contributed by atoms with Crippen molar-refractivity contribution in [3.05, 3.63) is 0 Å². The Balaban J connectivity index is 2.63. The molecule has 0 radical (unpaired) electrons. The Kier molecular flexibility index (Phi) is 5.95. The molecule has 0 unspecified atom stereocenters. The molecule has 5 nitrogen and oxygen atoms in total. The third-order valence-electron chi connectivity index (χ3n) is 3.08. The van der Waals surface area contributed by atoms with Crippen molar-refractivity contribution in [1.82, 2.24) is 9.80 Å². The highest BCUT2D eigenvalue weighted by Crippen LogP contribution is 2.12. The van der Waals surface area contributed by atoms with Gasteiger partial charge in [-0.25, -0.2) is 4.79 Å². The maximum Gasteiger partial charge on any atom is 0.320 e. The highest BCUT2D eigenvalue weighted by Gasteiger charge is 2.23. The molecule has 0 aliphatic carbocycles. The zero-order chi connectivity index (χ0) is 13.5. The fraction of sp³-hybridized carbons (Fsp3) is 0.846. The van der Waals surface area contributed by atoms with Crippen molar-refractivity contribution in [3.63, 3.8) is 0 Å². The van der Waals surface area contributed by atoms with E-state index < -0.39 is 5.91 Å². The van der Waals surface area contributed by atoms with E-state index in [1.54, 1.807) is 4.90 Å². The van der Waals surface area contributed by atoms with Crippen molar-refractivity contribution in [2.75, 3.05) is 26.2 Å². The van der Waals surface area contributed by atoms with Crippen LogP contribution in [0.4, 0.5) is 4.79 Å². The van der Waals surface area contributed by atoms with Crippen molar-refractivity contribution >= 4 is 11.9 Å². The summed E-state index contributed by atoms with van der Waals surface area (Å²) in [5.41, 5.74) is 5.22. The van der Waals surface area contributed by atoms with Gasteiger partial charge in [0.15, 0.2) is 0 Å². The second-order valence-electron chi connectivity index (χ2n) is 5.42. The van der Waals surface area contributed by atoms with Crippen molar-refractivity contribution < 1.29 is 9.59 Å². The minimum atomic E-state index is -0.446. The number of primary amides is 1. The molecule has 1 aliphatic rings. The Morgan fingerprint density at radius 3 is 2.17 bits per heavy atom. The van der Waals surface area contributed by atoms with E-state index in [-0.39, 0.29) is 12.6 Å². The molecule has 0 saturated carbocycles. The van der Waals surface area contributed by atoms with Crippen LogP contribution in [-0.4, -0.2) is 47.9 Å². The predicted octanol–water partition coefficient (Wildman–Crippen LogP) is 1.43. The van der Waals surface area contributed by atoms with E-state index >= 15 is 0 Å². The van der Waals surface area contributed by atoms with Gasteiger partial charge in [0.25, 0.3) is 0 Å². The Labute approximate surface area is 109 Å². The Morgan fingerprint density at radius 1 is 1.17 bits per heavy atom. The number of nitrogens with two attached hydrogens (primary N) is 1. The highest BCUT2D eigenvalue weighted by atomic mass is 16.2. The summed E-state index contributed by atoms with van der Waals surface area (Å²) in [7, 11) is 0. The van der Waals surface area contributed by atoms with Crippen LogP contribution in [-0.2, 0) is 4.79 Å². The summed E-state index contributed by atoms with van der Waals surface area (Å²) in [5.74, 6) is -0.112. The van der Waals surface area contributed by atoms with Crippen molar-refractivity contribution in [1.29, 1.82) is 0 Å². The molecule has 1 fully saturated rings. The zero-order valence-electron chi connectivity index (χ0n) is 11.5. The lowest BCUT2D eigenvalue weighted by Gasteiger charge is -2.30. The summed E-state index contributed by atoms with van der Waals surface area (Å²) in [6.45, 7) is 6.26. The lowest BCUT2D eigenvalue weighted by Crippen LogP contribution is -2.48. The summed E-state index contributed by atoms with van der Waals surface area (Å²) >= 11 is 0. The van der Waals surface area contributed by atoms with Crippen LogP contribution in [0.3, 0.4) is 0 Å². The summed E-state index contributed by atoms with van der Waals surface area (Å²) in [6, 6.07) is -0.0376. The molecule has 2 N–H and O–H groups in total. The SMILES string of the molecule is CC(C)CN(CC(N)=O)C(=O)N1CCCCCC1. The normalized spacial score (nSPS) is 16.5. The third kappa shape index (κ3) is 4.94. The average molecular weight is 255 g/mol. The average Bonchev–Trinajstić information content (AvgIpc) is 2.54. The quantitative estimate of drug-likeness (QED) is 0.825. The number of carbonyl (C=O) groups is 2. The van der Waals surface area contributed by atoms with Gasteiger partial charge in [-0.2, -0.15) is 0 Å². The van der Waals surface area contributed by atoms with Gasteiger partial charge in [-0.1, -0.05) is 26.7 Å². The van der Waals surface area contributed by atoms with Crippen molar-refractivity contribution in [2.24, 2.45) is 11.7 Å². The Morgan fingerprint density at radius 2 is 1.72 bits per heavy atom. The second-order valence-corrected chi connectivity index (χ2v) is 5.42. The number of hydrogen-bond donors (Lipinski definition) is 1. The van der Waals surface area contributed by atoms with Gasteiger partial charge >= 0.3 is 6.03 Å². The molecule has 0 spiro atoms. The summed E-state index contributed by atoms with van der Waals surface area (Å²) in [6.07, 6.45) is 4.48. The number of hydrogen-bond acceptors (Lipinski definition) is 2. The van der Waals surface area contributed by atoms with Gasteiger partial charge in [0.2, 0.25) is 5.91 Å². The van der Waals surface area contributed by atoms with Gasteiger partial charge < -0.3 is 15.5 Å². The molecule has 0 aromatic rings. The molecule has 104 valence electrons. The van der Waals surface area contributed by atoms with E-state index in [1.807, 2.05) is 18.7 Å². The van der Waals surface area contributed by atoms with E-state index in [9.17, 15) is 9.59 Å². The van der Waals surface area contributed by atoms with Crippen molar-refractivity contribution in [2.45, 2.75) is 39.5 Å². The van der Waals surface area contributed by atoms with Gasteiger partial charge in [0.05, 0.1) is 0 Å². The fourth-order valence-corrected chi connectivity index (χ4v) is 2.30. The molecule has 3 amide bonds. The second kappa shape index (κ2) is 7.24. The zero-order valence-corrected chi connectivity index (χ0v) is 11.5. The minimum absolute atomic E-state index is 0.0213. The highest BCUT2D eigenvalue weighted by molar-refractivity contribution is 5.83. The Bertz CT molecular complexity index is 284. The largest absolute Gasteiger partial charge is 0.368 e. The molecule has 0 aromatic carbocycles. The Hall–Kier alpha value is -1.26. The topological polar surface area (TPSA) is 66.6 Å². The van der Waals surface area contributed by atoms with E-state index in [2.05, 4.69) is 0 Å². The molecular weight excluding hydrogens is 230 g/mol. The smallest absolute Gasteiger partial charge is 0.320 e. The van der Waals surface area contributed by atoms with Crippen LogP contribution in [0.1, 0.15) is 39.5 Å². The summed E-state index contributed by atoms with van der Waals surface area (Å²) in [5, 5.41) is 0. The molecule has 18 heavy (non-hydrogen) atoms. The van der Waals surface area contributed by atoms with Gasteiger partial charge in [0, 0.05) is 19.6 Å². The molecule has 0 atom stereocenters. The lowest BCUT2D eigenvalue weighted by molar-refractivity contribution is -0.118. The molecule has 1 rings (SSSR count). The first-order chi connectivity index (χ1) is 8.50. The number of carbonyl (C=O) groups excluding carboxylic acids is 2. The molecule has 0 bridgehead atoms. The van der Waals surface area contributed by atoms with Crippen LogP contribution >= 0.6 is 0 Å². The van der Waals surface area contributed by atoms with Gasteiger partial charge in [-0.05, 0) is 18.8 Å².